The Bertz CT molecular complexity index is 278. The van der Waals surface area contributed by atoms with E-state index < -0.39 is 0 Å². The van der Waals surface area contributed by atoms with E-state index >= 15 is 0 Å². The van der Waals surface area contributed by atoms with Gasteiger partial charge in [0.15, 0.2) is 0 Å². The smallest absolute Gasteiger partial charge is 0.209 e. The van der Waals surface area contributed by atoms with Crippen LogP contribution in [-0.4, -0.2) is 38.0 Å². The van der Waals surface area contributed by atoms with Gasteiger partial charge in [0.25, 0.3) is 0 Å². The van der Waals surface area contributed by atoms with Crippen molar-refractivity contribution < 1.29 is 0 Å². The second-order valence-electron chi connectivity index (χ2n) is 4.11. The molecule has 0 radical (unpaired) electrons. The number of thioether (sulfide) groups is 1. The summed E-state index contributed by atoms with van der Waals surface area (Å²) in [6.07, 6.45) is 0. The van der Waals surface area contributed by atoms with Gasteiger partial charge in [0.1, 0.15) is 0 Å². The molecule has 0 aliphatic rings. The van der Waals surface area contributed by atoms with Gasteiger partial charge in [-0.1, -0.05) is 11.8 Å². The molecular weight excluding hydrogens is 198 g/mol. The van der Waals surface area contributed by atoms with Crippen LogP contribution in [-0.2, 0) is 7.05 Å². The van der Waals surface area contributed by atoms with E-state index in [-0.39, 0.29) is 5.54 Å². The molecule has 0 spiro atoms. The van der Waals surface area contributed by atoms with Gasteiger partial charge in [-0.25, -0.2) is 4.68 Å². The Morgan fingerprint density at radius 2 is 2.14 bits per heavy atom. The van der Waals surface area contributed by atoms with E-state index in [2.05, 4.69) is 41.6 Å². The van der Waals surface area contributed by atoms with Crippen molar-refractivity contribution >= 4 is 11.8 Å². The minimum absolute atomic E-state index is 0.179. The van der Waals surface area contributed by atoms with Crippen molar-refractivity contribution in [3.8, 4) is 0 Å². The van der Waals surface area contributed by atoms with Gasteiger partial charge in [0.2, 0.25) is 5.16 Å². The number of aromatic nitrogens is 4. The number of hydrogen-bond donors (Lipinski definition) is 1. The quantitative estimate of drug-likeness (QED) is 0.591. The van der Waals surface area contributed by atoms with Crippen molar-refractivity contribution in [2.45, 2.75) is 31.5 Å². The molecule has 0 saturated carbocycles. The highest BCUT2D eigenvalue weighted by atomic mass is 32.2. The molecule has 1 heterocycles. The van der Waals surface area contributed by atoms with Gasteiger partial charge in [-0.15, -0.1) is 5.10 Å². The maximum absolute atomic E-state index is 3.89. The predicted molar refractivity (Wildman–Crippen MR) is 57.3 cm³/mol. The average Bonchev–Trinajstić information content (AvgIpc) is 2.44. The Balaban J connectivity index is 2.20. The van der Waals surface area contributed by atoms with Crippen LogP contribution in [0.4, 0.5) is 0 Å². The van der Waals surface area contributed by atoms with Crippen molar-refractivity contribution in [3.63, 3.8) is 0 Å². The normalized spacial score (nSPS) is 12.0. The molecule has 5 nitrogen and oxygen atoms in total. The van der Waals surface area contributed by atoms with E-state index in [9.17, 15) is 0 Å². The molecule has 1 rings (SSSR count). The molecule has 1 aromatic heterocycles. The van der Waals surface area contributed by atoms with Gasteiger partial charge in [-0.2, -0.15) is 0 Å². The molecule has 0 aliphatic heterocycles. The lowest BCUT2D eigenvalue weighted by Gasteiger charge is -2.19. The van der Waals surface area contributed by atoms with Crippen molar-refractivity contribution in [1.29, 1.82) is 0 Å². The van der Waals surface area contributed by atoms with E-state index in [0.29, 0.717) is 0 Å². The van der Waals surface area contributed by atoms with Crippen LogP contribution in [0.1, 0.15) is 20.8 Å². The number of tetrazole rings is 1. The molecule has 80 valence electrons. The molecule has 1 N–H and O–H groups in total. The summed E-state index contributed by atoms with van der Waals surface area (Å²) in [6.45, 7) is 7.42. The Hall–Kier alpha value is -0.620. The number of hydrogen-bond acceptors (Lipinski definition) is 5. The highest BCUT2D eigenvalue weighted by Crippen LogP contribution is 2.11. The van der Waals surface area contributed by atoms with Crippen LogP contribution in [0.15, 0.2) is 5.16 Å². The fourth-order valence-corrected chi connectivity index (χ4v) is 1.62. The predicted octanol–water partition coefficient (Wildman–Crippen LogP) is 0.690. The van der Waals surface area contributed by atoms with Crippen LogP contribution in [0.25, 0.3) is 0 Å². The van der Waals surface area contributed by atoms with Crippen LogP contribution in [0.3, 0.4) is 0 Å². The summed E-state index contributed by atoms with van der Waals surface area (Å²) >= 11 is 1.66. The molecule has 0 fully saturated rings. The molecule has 1 aromatic rings. The average molecular weight is 215 g/mol. The molecule has 0 atom stereocenters. The number of nitrogens with zero attached hydrogens (tertiary/aromatic N) is 4. The topological polar surface area (TPSA) is 55.6 Å². The molecule has 6 heteroatoms. The Morgan fingerprint density at radius 1 is 1.43 bits per heavy atom. The summed E-state index contributed by atoms with van der Waals surface area (Å²) in [6, 6.07) is 0. The van der Waals surface area contributed by atoms with Crippen molar-refractivity contribution in [2.24, 2.45) is 7.05 Å². The lowest BCUT2D eigenvalue weighted by atomic mass is 10.1. The lowest BCUT2D eigenvalue weighted by Crippen LogP contribution is -2.37. The second-order valence-corrected chi connectivity index (χ2v) is 5.17. The van der Waals surface area contributed by atoms with Gasteiger partial charge in [-0.3, -0.25) is 0 Å². The largest absolute Gasteiger partial charge is 0.311 e. The maximum Gasteiger partial charge on any atom is 0.209 e. The van der Waals surface area contributed by atoms with Gasteiger partial charge in [0, 0.05) is 24.9 Å². The molecular formula is C8H17N5S. The summed E-state index contributed by atoms with van der Waals surface area (Å²) in [7, 11) is 1.85. The Kier molecular flexibility index (Phi) is 3.88. The molecule has 14 heavy (non-hydrogen) atoms. The zero-order valence-corrected chi connectivity index (χ0v) is 9.93. The number of aryl methyl sites for hydroxylation is 1. The van der Waals surface area contributed by atoms with Crippen LogP contribution in [0, 0.1) is 0 Å². The van der Waals surface area contributed by atoms with E-state index in [0.717, 1.165) is 17.5 Å². The van der Waals surface area contributed by atoms with Crippen molar-refractivity contribution in [2.75, 3.05) is 12.3 Å². The SMILES string of the molecule is Cn1nnnc1SCCNC(C)(C)C. The van der Waals surface area contributed by atoms with Crippen LogP contribution in [0.2, 0.25) is 0 Å². The van der Waals surface area contributed by atoms with E-state index in [4.69, 9.17) is 0 Å². The minimum Gasteiger partial charge on any atom is -0.311 e. The number of rotatable bonds is 4. The summed E-state index contributed by atoms with van der Waals surface area (Å²) in [5, 5.41) is 15.5. The first-order chi connectivity index (χ1) is 6.49. The fraction of sp³-hybridized carbons (Fsp3) is 0.875. The minimum atomic E-state index is 0.179. The molecule has 0 unspecified atom stereocenters. The van der Waals surface area contributed by atoms with Gasteiger partial charge in [0.05, 0.1) is 0 Å². The molecule has 0 aromatic carbocycles. The fourth-order valence-electron chi connectivity index (χ4n) is 0.912. The van der Waals surface area contributed by atoms with E-state index in [1.807, 2.05) is 7.05 Å². The first-order valence-electron chi connectivity index (χ1n) is 4.59. The van der Waals surface area contributed by atoms with Crippen LogP contribution < -0.4 is 5.32 Å². The molecule has 0 saturated heterocycles. The van der Waals surface area contributed by atoms with E-state index in [1.54, 1.807) is 16.4 Å². The van der Waals surface area contributed by atoms with Crippen molar-refractivity contribution in [3.05, 3.63) is 0 Å². The van der Waals surface area contributed by atoms with Gasteiger partial charge < -0.3 is 5.32 Å². The maximum atomic E-state index is 3.89. The molecule has 0 bridgehead atoms. The first kappa shape index (κ1) is 11.5. The second kappa shape index (κ2) is 4.75. The lowest BCUT2D eigenvalue weighted by molar-refractivity contribution is 0.441. The third-order valence-electron chi connectivity index (χ3n) is 1.57. The van der Waals surface area contributed by atoms with Gasteiger partial charge >= 0.3 is 0 Å². The third-order valence-corrected chi connectivity index (χ3v) is 2.58. The molecule has 0 amide bonds. The standard InChI is InChI=1S/C8H17N5S/c1-8(2,3)9-5-6-14-7-10-11-12-13(7)4/h9H,5-6H2,1-4H3. The number of nitrogens with one attached hydrogen (secondary N) is 1. The highest BCUT2D eigenvalue weighted by molar-refractivity contribution is 7.99. The first-order valence-corrected chi connectivity index (χ1v) is 5.58. The van der Waals surface area contributed by atoms with Gasteiger partial charge in [-0.05, 0) is 31.2 Å². The summed E-state index contributed by atoms with van der Waals surface area (Å²) < 4.78 is 1.68. The zero-order chi connectivity index (χ0) is 10.6. The Morgan fingerprint density at radius 3 is 2.64 bits per heavy atom. The summed E-state index contributed by atoms with van der Waals surface area (Å²) in [5.74, 6) is 0.978. The summed E-state index contributed by atoms with van der Waals surface area (Å²) in [4.78, 5) is 0. The van der Waals surface area contributed by atoms with Crippen molar-refractivity contribution in [1.82, 2.24) is 25.5 Å². The zero-order valence-electron chi connectivity index (χ0n) is 9.11. The molecule has 0 aliphatic carbocycles. The van der Waals surface area contributed by atoms with E-state index in [1.165, 1.54) is 0 Å². The van der Waals surface area contributed by atoms with Crippen LogP contribution >= 0.6 is 11.8 Å². The third kappa shape index (κ3) is 4.06. The van der Waals surface area contributed by atoms with Crippen LogP contribution in [0.5, 0.6) is 0 Å². The summed E-state index contributed by atoms with van der Waals surface area (Å²) in [5.41, 5.74) is 0.179. The highest BCUT2D eigenvalue weighted by Gasteiger charge is 2.08. The monoisotopic (exact) mass is 215 g/mol. The Labute approximate surface area is 88.6 Å².